The van der Waals surface area contributed by atoms with Crippen LogP contribution in [0.5, 0.6) is 11.5 Å². The van der Waals surface area contributed by atoms with Gasteiger partial charge in [-0.05, 0) is 43.2 Å². The second-order valence-electron chi connectivity index (χ2n) is 6.29. The predicted octanol–water partition coefficient (Wildman–Crippen LogP) is 3.94. The molecule has 1 atom stereocenters. The number of nitrogens with zero attached hydrogens (tertiary/aromatic N) is 1. The molecule has 0 amide bonds. The number of piperidine rings is 1. The largest absolute Gasteiger partial charge is 0.495 e. The first-order valence-electron chi connectivity index (χ1n) is 8.52. The Labute approximate surface area is 163 Å². The third-order valence-electron chi connectivity index (χ3n) is 4.45. The molecule has 0 aromatic heterocycles. The number of hydrogen-bond acceptors (Lipinski definition) is 4. The molecule has 5 nitrogen and oxygen atoms in total. The summed E-state index contributed by atoms with van der Waals surface area (Å²) in [5.41, 5.74) is 0. The van der Waals surface area contributed by atoms with Gasteiger partial charge in [0.25, 0.3) is 0 Å². The highest BCUT2D eigenvalue weighted by Crippen LogP contribution is 2.32. The highest BCUT2D eigenvalue weighted by molar-refractivity contribution is 9.10. The quantitative estimate of drug-likeness (QED) is 0.683. The topological polar surface area (TPSA) is 55.8 Å². The second kappa shape index (κ2) is 8.41. The first-order chi connectivity index (χ1) is 12.5. The first-order valence-corrected chi connectivity index (χ1v) is 10.8. The molecule has 0 spiro atoms. The van der Waals surface area contributed by atoms with Crippen LogP contribution in [0.15, 0.2) is 57.9 Å². The van der Waals surface area contributed by atoms with E-state index in [2.05, 4.69) is 15.9 Å². The lowest BCUT2D eigenvalue weighted by molar-refractivity contribution is 0.180. The number of ether oxygens (including phenoxy) is 2. The molecule has 1 fully saturated rings. The van der Waals surface area contributed by atoms with Gasteiger partial charge in [0.1, 0.15) is 16.4 Å². The number of halogens is 1. The third-order valence-corrected chi connectivity index (χ3v) is 6.83. The Bertz CT molecular complexity index is 842. The van der Waals surface area contributed by atoms with Crippen LogP contribution in [0.3, 0.4) is 0 Å². The van der Waals surface area contributed by atoms with Crippen molar-refractivity contribution < 1.29 is 17.9 Å². The van der Waals surface area contributed by atoms with E-state index in [0.29, 0.717) is 29.9 Å². The molecule has 1 aliphatic heterocycles. The van der Waals surface area contributed by atoms with Crippen LogP contribution in [-0.2, 0) is 10.0 Å². The summed E-state index contributed by atoms with van der Waals surface area (Å²) in [7, 11) is -2.14. The molecule has 140 valence electrons. The van der Waals surface area contributed by atoms with Crippen LogP contribution in [0.4, 0.5) is 0 Å². The Balaban J connectivity index is 1.73. The van der Waals surface area contributed by atoms with Crippen LogP contribution in [0.2, 0.25) is 0 Å². The molecular weight excluding hydrogens is 418 g/mol. The first kappa shape index (κ1) is 19.2. The summed E-state index contributed by atoms with van der Waals surface area (Å²) in [5.74, 6) is 1.33. The van der Waals surface area contributed by atoms with Crippen LogP contribution >= 0.6 is 15.9 Å². The van der Waals surface area contributed by atoms with E-state index < -0.39 is 10.0 Å². The second-order valence-corrected chi connectivity index (χ2v) is 9.11. The van der Waals surface area contributed by atoms with Crippen molar-refractivity contribution in [2.24, 2.45) is 5.92 Å². The fraction of sp³-hybridized carbons (Fsp3) is 0.368. The van der Waals surface area contributed by atoms with Gasteiger partial charge >= 0.3 is 0 Å². The van der Waals surface area contributed by atoms with E-state index in [9.17, 15) is 8.42 Å². The van der Waals surface area contributed by atoms with Gasteiger partial charge in [-0.2, -0.15) is 4.31 Å². The van der Waals surface area contributed by atoms with Crippen molar-refractivity contribution in [2.45, 2.75) is 17.7 Å². The van der Waals surface area contributed by atoms with Crippen LogP contribution < -0.4 is 9.47 Å². The Kier molecular flexibility index (Phi) is 6.21. The van der Waals surface area contributed by atoms with Crippen molar-refractivity contribution in [2.75, 3.05) is 26.8 Å². The number of sulfonamides is 1. The summed E-state index contributed by atoms with van der Waals surface area (Å²) >= 11 is 3.35. The molecule has 1 saturated heterocycles. The van der Waals surface area contributed by atoms with Crippen LogP contribution in [-0.4, -0.2) is 39.5 Å². The van der Waals surface area contributed by atoms with Gasteiger partial charge in [-0.25, -0.2) is 8.42 Å². The molecule has 0 N–H and O–H groups in total. The van der Waals surface area contributed by atoms with Gasteiger partial charge in [-0.1, -0.05) is 34.1 Å². The lowest BCUT2D eigenvalue weighted by Gasteiger charge is -2.32. The molecule has 2 aromatic carbocycles. The summed E-state index contributed by atoms with van der Waals surface area (Å²) in [5, 5.41) is 0. The minimum absolute atomic E-state index is 0.164. The van der Waals surface area contributed by atoms with Crippen molar-refractivity contribution >= 4 is 26.0 Å². The Morgan fingerprint density at radius 2 is 1.96 bits per heavy atom. The molecule has 2 aromatic rings. The molecule has 1 heterocycles. The summed E-state index contributed by atoms with van der Waals surface area (Å²) in [6.45, 7) is 1.47. The summed E-state index contributed by atoms with van der Waals surface area (Å²) in [6.07, 6.45) is 1.77. The van der Waals surface area contributed by atoms with Crippen molar-refractivity contribution in [1.82, 2.24) is 4.31 Å². The van der Waals surface area contributed by atoms with Crippen LogP contribution in [0.25, 0.3) is 0 Å². The number of hydrogen-bond donors (Lipinski definition) is 0. The summed E-state index contributed by atoms with van der Waals surface area (Å²) < 4.78 is 39.6. The van der Waals surface area contributed by atoms with E-state index in [0.717, 1.165) is 18.6 Å². The standard InChI is InChI=1S/C19H22BrNO4S/c1-24-18-10-9-16(20)12-19(18)26(22,23)21-11-5-6-15(13-21)14-25-17-7-3-2-4-8-17/h2-4,7-10,12,15H,5-6,11,13-14H2,1H3. The Hall–Kier alpha value is -1.57. The molecule has 0 radical (unpaired) electrons. The zero-order chi connectivity index (χ0) is 18.6. The number of methoxy groups -OCH3 is 1. The normalized spacial score (nSPS) is 18.5. The molecule has 0 aliphatic carbocycles. The van der Waals surface area contributed by atoms with E-state index in [-0.39, 0.29) is 10.8 Å². The molecule has 1 unspecified atom stereocenters. The highest BCUT2D eigenvalue weighted by atomic mass is 79.9. The van der Waals surface area contributed by atoms with E-state index in [4.69, 9.17) is 9.47 Å². The van der Waals surface area contributed by atoms with Crippen molar-refractivity contribution in [1.29, 1.82) is 0 Å². The molecule has 3 rings (SSSR count). The Morgan fingerprint density at radius 3 is 2.69 bits per heavy atom. The number of para-hydroxylation sites is 1. The number of rotatable bonds is 6. The van der Waals surface area contributed by atoms with Crippen molar-refractivity contribution in [3.8, 4) is 11.5 Å². The maximum Gasteiger partial charge on any atom is 0.246 e. The van der Waals surface area contributed by atoms with Crippen molar-refractivity contribution in [3.63, 3.8) is 0 Å². The number of benzene rings is 2. The predicted molar refractivity (Wildman–Crippen MR) is 104 cm³/mol. The molecular formula is C19H22BrNO4S. The minimum Gasteiger partial charge on any atom is -0.495 e. The monoisotopic (exact) mass is 439 g/mol. The van der Waals surface area contributed by atoms with Gasteiger partial charge in [0.15, 0.2) is 0 Å². The fourth-order valence-corrected chi connectivity index (χ4v) is 5.35. The SMILES string of the molecule is COc1ccc(Br)cc1S(=O)(=O)N1CCCC(COc2ccccc2)C1. The zero-order valence-electron chi connectivity index (χ0n) is 14.6. The smallest absolute Gasteiger partial charge is 0.246 e. The van der Waals surface area contributed by atoms with Crippen LogP contribution in [0.1, 0.15) is 12.8 Å². The van der Waals surface area contributed by atoms with Gasteiger partial charge in [0.05, 0.1) is 13.7 Å². The molecule has 0 saturated carbocycles. The maximum atomic E-state index is 13.1. The van der Waals surface area contributed by atoms with E-state index in [1.54, 1.807) is 22.5 Å². The fourth-order valence-electron chi connectivity index (χ4n) is 3.10. The average molecular weight is 440 g/mol. The molecule has 7 heteroatoms. The van der Waals surface area contributed by atoms with Gasteiger partial charge in [0.2, 0.25) is 10.0 Å². The lowest BCUT2D eigenvalue weighted by atomic mass is 10.0. The van der Waals surface area contributed by atoms with Gasteiger partial charge in [-0.15, -0.1) is 0 Å². The highest BCUT2D eigenvalue weighted by Gasteiger charge is 2.32. The Morgan fingerprint density at radius 1 is 1.19 bits per heavy atom. The van der Waals surface area contributed by atoms with Gasteiger partial charge in [-0.3, -0.25) is 0 Å². The third kappa shape index (κ3) is 4.39. The molecule has 0 bridgehead atoms. The van der Waals surface area contributed by atoms with Crippen molar-refractivity contribution in [3.05, 3.63) is 53.0 Å². The maximum absolute atomic E-state index is 13.1. The summed E-state index contributed by atoms with van der Waals surface area (Å²) in [4.78, 5) is 0.194. The van der Waals surface area contributed by atoms with E-state index in [1.165, 1.54) is 7.11 Å². The summed E-state index contributed by atoms with van der Waals surface area (Å²) in [6, 6.07) is 14.6. The lowest BCUT2D eigenvalue weighted by Crippen LogP contribution is -2.41. The van der Waals surface area contributed by atoms with E-state index >= 15 is 0 Å². The van der Waals surface area contributed by atoms with Crippen LogP contribution in [0, 0.1) is 5.92 Å². The van der Waals surface area contributed by atoms with E-state index in [1.807, 2.05) is 30.3 Å². The average Bonchev–Trinajstić information content (AvgIpc) is 2.67. The molecule has 26 heavy (non-hydrogen) atoms. The zero-order valence-corrected chi connectivity index (χ0v) is 17.0. The molecule has 1 aliphatic rings. The minimum atomic E-state index is -3.62. The van der Waals surface area contributed by atoms with Gasteiger partial charge in [0, 0.05) is 23.5 Å². The van der Waals surface area contributed by atoms with Gasteiger partial charge < -0.3 is 9.47 Å².